The molecule has 4 heteroatoms. The van der Waals surface area contributed by atoms with Crippen molar-refractivity contribution in [2.24, 2.45) is 0 Å². The van der Waals surface area contributed by atoms with Gasteiger partial charge in [0.15, 0.2) is 0 Å². The Morgan fingerprint density at radius 3 is 2.52 bits per heavy atom. The van der Waals surface area contributed by atoms with Crippen LogP contribution in [-0.2, 0) is 16.0 Å². The quantitative estimate of drug-likeness (QED) is 0.902. The van der Waals surface area contributed by atoms with Gasteiger partial charge in [-0.1, -0.05) is 43.7 Å². The Balaban J connectivity index is 2.14. The lowest BCUT2D eigenvalue weighted by Gasteiger charge is -2.41. The van der Waals surface area contributed by atoms with Crippen molar-refractivity contribution in [1.82, 2.24) is 10.2 Å². The molecular formula is C17H24N2O2. The predicted molar refractivity (Wildman–Crippen MR) is 82.8 cm³/mol. The van der Waals surface area contributed by atoms with E-state index >= 15 is 0 Å². The molecule has 0 spiro atoms. The summed E-state index contributed by atoms with van der Waals surface area (Å²) >= 11 is 0. The molecule has 0 aliphatic carbocycles. The topological polar surface area (TPSA) is 49.4 Å². The van der Waals surface area contributed by atoms with Gasteiger partial charge in [0.25, 0.3) is 0 Å². The van der Waals surface area contributed by atoms with Gasteiger partial charge in [-0.05, 0) is 32.3 Å². The second-order valence-electron chi connectivity index (χ2n) is 5.81. The number of benzene rings is 1. The molecule has 2 amide bonds. The highest BCUT2D eigenvalue weighted by Gasteiger charge is 2.39. The zero-order valence-electron chi connectivity index (χ0n) is 13.0. The van der Waals surface area contributed by atoms with Crippen LogP contribution < -0.4 is 5.32 Å². The van der Waals surface area contributed by atoms with E-state index in [1.807, 2.05) is 32.0 Å². The van der Waals surface area contributed by atoms with Crippen molar-refractivity contribution >= 4 is 11.8 Å². The van der Waals surface area contributed by atoms with Crippen LogP contribution in [0.15, 0.2) is 30.3 Å². The predicted octanol–water partition coefficient (Wildman–Crippen LogP) is 2.13. The Hall–Kier alpha value is -1.84. The molecule has 0 bridgehead atoms. The van der Waals surface area contributed by atoms with Crippen LogP contribution in [0.2, 0.25) is 0 Å². The van der Waals surface area contributed by atoms with Gasteiger partial charge < -0.3 is 10.2 Å². The molecule has 3 atom stereocenters. The summed E-state index contributed by atoms with van der Waals surface area (Å²) in [6.07, 6.45) is 2.35. The highest BCUT2D eigenvalue weighted by atomic mass is 16.2. The number of hydrogen-bond donors (Lipinski definition) is 1. The molecule has 1 heterocycles. The summed E-state index contributed by atoms with van der Waals surface area (Å²) < 4.78 is 0. The largest absolute Gasteiger partial charge is 0.343 e. The number of rotatable bonds is 5. The second kappa shape index (κ2) is 6.74. The van der Waals surface area contributed by atoms with Crippen LogP contribution in [-0.4, -0.2) is 34.8 Å². The summed E-state index contributed by atoms with van der Waals surface area (Å²) in [6.45, 7) is 5.84. The molecule has 0 radical (unpaired) electrons. The molecular weight excluding hydrogens is 264 g/mol. The average Bonchev–Trinajstić information content (AvgIpc) is 2.46. The van der Waals surface area contributed by atoms with Crippen molar-refractivity contribution in [2.75, 3.05) is 0 Å². The van der Waals surface area contributed by atoms with Gasteiger partial charge in [-0.25, -0.2) is 0 Å². The average molecular weight is 288 g/mol. The van der Waals surface area contributed by atoms with Crippen molar-refractivity contribution < 1.29 is 9.59 Å². The molecule has 1 fully saturated rings. The fraction of sp³-hybridized carbons (Fsp3) is 0.529. The summed E-state index contributed by atoms with van der Waals surface area (Å²) in [6, 6.07) is 9.33. The SMILES string of the molecule is CCCC1NC(=O)C(C)N(C(C)Cc2ccccc2)C1=O. The number of nitrogens with one attached hydrogen (secondary N) is 1. The lowest BCUT2D eigenvalue weighted by molar-refractivity contribution is -0.151. The van der Waals surface area contributed by atoms with Gasteiger partial charge in [0.2, 0.25) is 11.8 Å². The van der Waals surface area contributed by atoms with Crippen molar-refractivity contribution in [3.63, 3.8) is 0 Å². The highest BCUT2D eigenvalue weighted by Crippen LogP contribution is 2.19. The maximum atomic E-state index is 12.6. The van der Waals surface area contributed by atoms with Gasteiger partial charge in [0, 0.05) is 6.04 Å². The Morgan fingerprint density at radius 2 is 1.90 bits per heavy atom. The molecule has 1 N–H and O–H groups in total. The van der Waals surface area contributed by atoms with Crippen LogP contribution in [0.1, 0.15) is 39.2 Å². The molecule has 21 heavy (non-hydrogen) atoms. The van der Waals surface area contributed by atoms with Crippen molar-refractivity contribution in [3.8, 4) is 0 Å². The van der Waals surface area contributed by atoms with Gasteiger partial charge in [-0.3, -0.25) is 9.59 Å². The lowest BCUT2D eigenvalue weighted by Crippen LogP contribution is -2.64. The molecule has 2 rings (SSSR count). The van der Waals surface area contributed by atoms with Gasteiger partial charge in [0.1, 0.15) is 12.1 Å². The molecule has 1 aliphatic rings. The van der Waals surface area contributed by atoms with E-state index in [0.717, 1.165) is 12.8 Å². The first-order valence-electron chi connectivity index (χ1n) is 7.71. The standard InChI is InChI=1S/C17H24N2O2/c1-4-8-15-17(21)19(13(3)16(20)18-15)12(2)11-14-9-6-5-7-10-14/h5-7,9-10,12-13,15H,4,8,11H2,1-3H3,(H,18,20). The highest BCUT2D eigenvalue weighted by molar-refractivity contribution is 5.96. The molecule has 0 saturated carbocycles. The van der Waals surface area contributed by atoms with E-state index in [9.17, 15) is 9.59 Å². The van der Waals surface area contributed by atoms with Gasteiger partial charge in [-0.2, -0.15) is 0 Å². The van der Waals surface area contributed by atoms with Gasteiger partial charge in [-0.15, -0.1) is 0 Å². The number of nitrogens with zero attached hydrogens (tertiary/aromatic N) is 1. The summed E-state index contributed by atoms with van der Waals surface area (Å²) in [5, 5.41) is 2.84. The minimum Gasteiger partial charge on any atom is -0.343 e. The number of piperazine rings is 1. The van der Waals surface area contributed by atoms with Crippen molar-refractivity contribution in [1.29, 1.82) is 0 Å². The van der Waals surface area contributed by atoms with Crippen LogP contribution in [0.25, 0.3) is 0 Å². The third-order valence-corrected chi connectivity index (χ3v) is 4.09. The third kappa shape index (κ3) is 3.43. The maximum Gasteiger partial charge on any atom is 0.246 e. The smallest absolute Gasteiger partial charge is 0.246 e. The zero-order chi connectivity index (χ0) is 15.4. The molecule has 4 nitrogen and oxygen atoms in total. The number of carbonyl (C=O) groups excluding carboxylic acids is 2. The van der Waals surface area contributed by atoms with Crippen LogP contribution in [0.5, 0.6) is 0 Å². The van der Waals surface area contributed by atoms with E-state index in [-0.39, 0.29) is 23.9 Å². The summed E-state index contributed by atoms with van der Waals surface area (Å²) in [7, 11) is 0. The number of carbonyl (C=O) groups is 2. The van der Waals surface area contributed by atoms with Crippen molar-refractivity contribution in [2.45, 2.75) is 58.2 Å². The fourth-order valence-electron chi connectivity index (χ4n) is 2.99. The first kappa shape index (κ1) is 15.5. The maximum absolute atomic E-state index is 12.6. The molecule has 114 valence electrons. The van der Waals surface area contributed by atoms with Gasteiger partial charge in [0.05, 0.1) is 0 Å². The second-order valence-corrected chi connectivity index (χ2v) is 5.81. The minimum absolute atomic E-state index is 0.0142. The Morgan fingerprint density at radius 1 is 1.24 bits per heavy atom. The van der Waals surface area contributed by atoms with E-state index < -0.39 is 6.04 Å². The molecule has 1 aliphatic heterocycles. The first-order valence-corrected chi connectivity index (χ1v) is 7.71. The van der Waals surface area contributed by atoms with Gasteiger partial charge >= 0.3 is 0 Å². The fourth-order valence-corrected chi connectivity index (χ4v) is 2.99. The van der Waals surface area contributed by atoms with Crippen molar-refractivity contribution in [3.05, 3.63) is 35.9 Å². The van der Waals surface area contributed by atoms with E-state index in [1.165, 1.54) is 5.56 Å². The normalized spacial score (nSPS) is 23.9. The summed E-state index contributed by atoms with van der Waals surface area (Å²) in [5.74, 6) is 0.000317. The molecule has 0 aromatic heterocycles. The van der Waals surface area contributed by atoms with Crippen LogP contribution in [0.3, 0.4) is 0 Å². The number of hydrogen-bond acceptors (Lipinski definition) is 2. The monoisotopic (exact) mass is 288 g/mol. The van der Waals surface area contributed by atoms with Crippen LogP contribution >= 0.6 is 0 Å². The van der Waals surface area contributed by atoms with Crippen LogP contribution in [0, 0.1) is 0 Å². The zero-order valence-corrected chi connectivity index (χ0v) is 13.0. The number of amides is 2. The summed E-state index contributed by atoms with van der Waals surface area (Å²) in [5.41, 5.74) is 1.18. The first-order chi connectivity index (χ1) is 10.0. The molecule has 3 unspecified atom stereocenters. The van der Waals surface area contributed by atoms with Crippen LogP contribution in [0.4, 0.5) is 0 Å². The van der Waals surface area contributed by atoms with E-state index in [4.69, 9.17) is 0 Å². The Labute approximate surface area is 126 Å². The van der Waals surface area contributed by atoms with E-state index in [1.54, 1.807) is 11.8 Å². The molecule has 1 saturated heterocycles. The molecule has 1 aromatic carbocycles. The Bertz CT molecular complexity index is 501. The lowest BCUT2D eigenvalue weighted by atomic mass is 9.99. The Kier molecular flexibility index (Phi) is 4.99. The molecule has 1 aromatic rings. The third-order valence-electron chi connectivity index (χ3n) is 4.09. The summed E-state index contributed by atoms with van der Waals surface area (Å²) in [4.78, 5) is 26.5. The van der Waals surface area contributed by atoms with E-state index in [2.05, 4.69) is 17.4 Å². The minimum atomic E-state index is -0.399. The van der Waals surface area contributed by atoms with E-state index in [0.29, 0.717) is 6.42 Å².